The number of fused-ring (bicyclic) bond motifs is 1. The van der Waals surface area contributed by atoms with Gasteiger partial charge in [-0.15, -0.1) is 0 Å². The van der Waals surface area contributed by atoms with E-state index in [1.165, 1.54) is 24.4 Å². The second-order valence-electron chi connectivity index (χ2n) is 6.74. The SMILES string of the molecule is O=C(O)CSSCC(=O)NCc1ccc(C2(C(F)(F)F)C=c3cccnc3=NC2)cc1. The van der Waals surface area contributed by atoms with Crippen molar-refractivity contribution in [2.75, 3.05) is 18.1 Å². The number of pyridine rings is 1. The highest BCUT2D eigenvalue weighted by molar-refractivity contribution is 8.77. The Bertz CT molecular complexity index is 1080. The van der Waals surface area contributed by atoms with E-state index in [1.54, 1.807) is 24.3 Å². The van der Waals surface area contributed by atoms with Gasteiger partial charge in [-0.2, -0.15) is 13.2 Å². The maximum atomic E-state index is 14.1. The molecule has 2 aromatic rings. The van der Waals surface area contributed by atoms with Gasteiger partial charge >= 0.3 is 12.1 Å². The van der Waals surface area contributed by atoms with Crippen molar-refractivity contribution in [2.24, 2.45) is 4.99 Å². The Morgan fingerprint density at radius 3 is 2.52 bits per heavy atom. The Morgan fingerprint density at radius 1 is 1.13 bits per heavy atom. The summed E-state index contributed by atoms with van der Waals surface area (Å²) in [4.78, 5) is 30.3. The number of aliphatic carboxylic acids is 1. The molecule has 1 aliphatic rings. The number of nitrogens with one attached hydrogen (secondary N) is 1. The topological polar surface area (TPSA) is 91.6 Å². The largest absolute Gasteiger partial charge is 0.481 e. The van der Waals surface area contributed by atoms with Gasteiger partial charge in [0.15, 0.2) is 5.49 Å². The number of carbonyl (C=O) groups is 2. The number of rotatable bonds is 8. The third kappa shape index (κ3) is 5.59. The van der Waals surface area contributed by atoms with Crippen LogP contribution in [0.5, 0.6) is 0 Å². The van der Waals surface area contributed by atoms with E-state index < -0.39 is 24.1 Å². The quantitative estimate of drug-likeness (QED) is 0.455. The monoisotopic (exact) mass is 469 g/mol. The number of amides is 1. The lowest BCUT2D eigenvalue weighted by Gasteiger charge is -2.33. The maximum absolute atomic E-state index is 14.1. The fraction of sp³-hybridized carbons (Fsp3) is 0.300. The molecule has 1 unspecified atom stereocenters. The molecule has 1 aliphatic heterocycles. The third-order valence-corrected chi connectivity index (χ3v) is 6.74. The number of aromatic nitrogens is 1. The molecule has 164 valence electrons. The Morgan fingerprint density at radius 2 is 1.84 bits per heavy atom. The van der Waals surface area contributed by atoms with Gasteiger partial charge in [0.2, 0.25) is 5.91 Å². The van der Waals surface area contributed by atoms with Crippen LogP contribution in [0.25, 0.3) is 6.08 Å². The summed E-state index contributed by atoms with van der Waals surface area (Å²) in [5.41, 5.74) is -1.24. The summed E-state index contributed by atoms with van der Waals surface area (Å²) in [5.74, 6) is -1.28. The molecule has 0 spiro atoms. The van der Waals surface area contributed by atoms with E-state index in [9.17, 15) is 22.8 Å². The highest BCUT2D eigenvalue weighted by atomic mass is 33.1. The molecule has 1 atom stereocenters. The molecule has 0 aliphatic carbocycles. The zero-order valence-electron chi connectivity index (χ0n) is 16.1. The van der Waals surface area contributed by atoms with E-state index in [2.05, 4.69) is 15.3 Å². The van der Waals surface area contributed by atoms with Crippen LogP contribution < -0.4 is 16.0 Å². The van der Waals surface area contributed by atoms with Gasteiger partial charge in [0, 0.05) is 18.0 Å². The third-order valence-electron chi connectivity index (χ3n) is 4.62. The second-order valence-corrected chi connectivity index (χ2v) is 9.20. The van der Waals surface area contributed by atoms with Crippen molar-refractivity contribution in [2.45, 2.75) is 18.1 Å². The molecule has 2 heterocycles. The zero-order valence-corrected chi connectivity index (χ0v) is 17.7. The van der Waals surface area contributed by atoms with Crippen LogP contribution in [-0.2, 0) is 21.5 Å². The summed E-state index contributed by atoms with van der Waals surface area (Å²) in [6, 6.07) is 9.02. The average molecular weight is 470 g/mol. The Labute approximate surface area is 183 Å². The molecule has 0 bridgehead atoms. The minimum absolute atomic E-state index is 0.0638. The summed E-state index contributed by atoms with van der Waals surface area (Å²) in [7, 11) is 2.18. The molecule has 1 aromatic carbocycles. The average Bonchev–Trinajstić information content (AvgIpc) is 2.74. The van der Waals surface area contributed by atoms with E-state index in [-0.39, 0.29) is 29.5 Å². The summed E-state index contributed by atoms with van der Waals surface area (Å²) in [6.45, 7) is -0.328. The smallest absolute Gasteiger partial charge is 0.403 e. The number of carbonyl (C=O) groups excluding carboxylic acids is 1. The summed E-state index contributed by atoms with van der Waals surface area (Å²) < 4.78 is 42.4. The molecule has 6 nitrogen and oxygen atoms in total. The first-order chi connectivity index (χ1) is 14.7. The maximum Gasteiger partial charge on any atom is 0.403 e. The first-order valence-electron chi connectivity index (χ1n) is 9.09. The predicted octanol–water partition coefficient (Wildman–Crippen LogP) is 2.08. The van der Waals surface area contributed by atoms with Crippen LogP contribution in [-0.4, -0.2) is 46.2 Å². The van der Waals surface area contributed by atoms with Gasteiger partial charge < -0.3 is 10.4 Å². The Kier molecular flexibility index (Phi) is 7.26. The van der Waals surface area contributed by atoms with Crippen LogP contribution in [0.4, 0.5) is 13.2 Å². The van der Waals surface area contributed by atoms with E-state index in [1.807, 2.05) is 0 Å². The minimum Gasteiger partial charge on any atom is -0.481 e. The van der Waals surface area contributed by atoms with Gasteiger partial charge in [0.1, 0.15) is 11.2 Å². The van der Waals surface area contributed by atoms with Crippen LogP contribution in [0.15, 0.2) is 47.6 Å². The molecular weight excluding hydrogens is 451 g/mol. The zero-order chi connectivity index (χ0) is 22.5. The lowest BCUT2D eigenvalue weighted by molar-refractivity contribution is -0.168. The lowest BCUT2D eigenvalue weighted by atomic mass is 9.77. The molecule has 0 fully saturated rings. The molecular formula is C20H18F3N3O3S2. The van der Waals surface area contributed by atoms with E-state index in [0.29, 0.717) is 16.3 Å². The predicted molar refractivity (Wildman–Crippen MR) is 113 cm³/mol. The number of hydrogen-bond acceptors (Lipinski definition) is 6. The number of hydrogen-bond donors (Lipinski definition) is 2. The highest BCUT2D eigenvalue weighted by Crippen LogP contribution is 2.43. The number of nitrogens with zero attached hydrogens (tertiary/aromatic N) is 2. The fourth-order valence-electron chi connectivity index (χ4n) is 3.03. The van der Waals surface area contributed by atoms with Crippen molar-refractivity contribution in [3.05, 3.63) is 64.4 Å². The standard InChI is InChI=1S/C20H18F3N3O3S2/c21-20(22,23)19(8-14-2-1-7-24-18(14)26-12-19)15-5-3-13(4-6-15)9-25-16(27)10-30-31-11-17(28)29/h1-8H,9-12H2,(H,25,27)(H,28,29). The molecule has 2 N–H and O–H groups in total. The molecule has 1 aromatic heterocycles. The first kappa shape index (κ1) is 23.1. The Balaban J connectivity index is 1.70. The summed E-state index contributed by atoms with van der Waals surface area (Å²) >= 11 is 0. The van der Waals surface area contributed by atoms with E-state index in [4.69, 9.17) is 5.11 Å². The molecule has 0 radical (unpaired) electrons. The van der Waals surface area contributed by atoms with Gasteiger partial charge in [0.25, 0.3) is 0 Å². The van der Waals surface area contributed by atoms with Gasteiger partial charge in [-0.3, -0.25) is 14.6 Å². The van der Waals surface area contributed by atoms with Crippen LogP contribution in [0.1, 0.15) is 11.1 Å². The number of benzene rings is 1. The van der Waals surface area contributed by atoms with Crippen LogP contribution in [0.2, 0.25) is 0 Å². The highest BCUT2D eigenvalue weighted by Gasteiger charge is 2.55. The van der Waals surface area contributed by atoms with Crippen LogP contribution in [0, 0.1) is 0 Å². The minimum atomic E-state index is -4.55. The van der Waals surface area contributed by atoms with Gasteiger partial charge in [-0.05, 0) is 23.3 Å². The molecule has 0 saturated carbocycles. The molecule has 11 heteroatoms. The van der Waals surface area contributed by atoms with Crippen molar-refractivity contribution >= 4 is 39.5 Å². The van der Waals surface area contributed by atoms with Crippen LogP contribution in [0.3, 0.4) is 0 Å². The first-order valence-corrected chi connectivity index (χ1v) is 11.6. The van der Waals surface area contributed by atoms with E-state index in [0.717, 1.165) is 21.6 Å². The van der Waals surface area contributed by atoms with Crippen molar-refractivity contribution in [1.29, 1.82) is 0 Å². The number of carboxylic acids is 1. The molecule has 0 saturated heterocycles. The summed E-state index contributed by atoms with van der Waals surface area (Å²) in [6.07, 6.45) is -1.89. The van der Waals surface area contributed by atoms with Crippen molar-refractivity contribution < 1.29 is 27.9 Å². The van der Waals surface area contributed by atoms with Crippen molar-refractivity contribution in [3.8, 4) is 0 Å². The van der Waals surface area contributed by atoms with Gasteiger partial charge in [-0.25, -0.2) is 4.98 Å². The molecule has 31 heavy (non-hydrogen) atoms. The van der Waals surface area contributed by atoms with Crippen LogP contribution >= 0.6 is 21.6 Å². The molecule has 1 amide bonds. The number of carboxylic acid groups (broad SMARTS) is 1. The fourth-order valence-corrected chi connectivity index (χ4v) is 4.63. The van der Waals surface area contributed by atoms with Gasteiger partial charge in [0.05, 0.1) is 12.3 Å². The Hall–Kier alpha value is -2.53. The van der Waals surface area contributed by atoms with Gasteiger partial charge in [-0.1, -0.05) is 51.9 Å². The summed E-state index contributed by atoms with van der Waals surface area (Å²) in [5, 5.41) is 11.5. The van der Waals surface area contributed by atoms with E-state index >= 15 is 0 Å². The molecule has 3 rings (SSSR count). The number of alkyl halides is 3. The lowest BCUT2D eigenvalue weighted by Crippen LogP contribution is -2.49. The van der Waals surface area contributed by atoms with Crippen molar-refractivity contribution in [1.82, 2.24) is 10.3 Å². The van der Waals surface area contributed by atoms with Crippen molar-refractivity contribution in [3.63, 3.8) is 0 Å². The normalized spacial score (nSPS) is 17.8. The number of halogens is 3. The second kappa shape index (κ2) is 9.73.